The molecule has 7 nitrogen and oxygen atoms in total. The van der Waals surface area contributed by atoms with E-state index in [4.69, 9.17) is 23.7 Å². The third-order valence-electron chi connectivity index (χ3n) is 4.55. The second kappa shape index (κ2) is 9.05. The summed E-state index contributed by atoms with van der Waals surface area (Å²) in [5.41, 5.74) is 2.83. The molecule has 0 aliphatic heterocycles. The Morgan fingerprint density at radius 3 is 2.54 bits per heavy atom. The van der Waals surface area contributed by atoms with Crippen molar-refractivity contribution in [3.8, 4) is 5.75 Å². The molecule has 0 atom stereocenters. The average Bonchev–Trinajstić information content (AvgIpc) is 3.03. The summed E-state index contributed by atoms with van der Waals surface area (Å²) in [5.74, 6) is 0.0869. The Morgan fingerprint density at radius 2 is 1.86 bits per heavy atom. The summed E-state index contributed by atoms with van der Waals surface area (Å²) < 4.78 is 29.2. The van der Waals surface area contributed by atoms with Crippen molar-refractivity contribution in [2.45, 2.75) is 20.3 Å². The Balaban J connectivity index is 2.43. The van der Waals surface area contributed by atoms with E-state index < -0.39 is 5.97 Å². The van der Waals surface area contributed by atoms with Gasteiger partial charge in [0.1, 0.15) is 6.73 Å². The van der Waals surface area contributed by atoms with Crippen LogP contribution in [0.2, 0.25) is 0 Å². The van der Waals surface area contributed by atoms with Crippen LogP contribution in [0.4, 0.5) is 0 Å². The minimum absolute atomic E-state index is 0.0351. The quantitative estimate of drug-likeness (QED) is 0.412. The third-order valence-corrected chi connectivity index (χ3v) is 4.55. The van der Waals surface area contributed by atoms with Gasteiger partial charge >= 0.3 is 5.97 Å². The van der Waals surface area contributed by atoms with Crippen molar-refractivity contribution in [1.82, 2.24) is 4.57 Å². The van der Waals surface area contributed by atoms with E-state index in [-0.39, 0.29) is 13.4 Å². The topological polar surface area (TPSA) is 68.2 Å². The summed E-state index contributed by atoms with van der Waals surface area (Å²) in [7, 11) is 4.55. The number of aromatic nitrogens is 1. The van der Waals surface area contributed by atoms with Crippen molar-refractivity contribution in [3.63, 3.8) is 0 Å². The number of fused-ring (bicyclic) bond motifs is 3. The lowest BCUT2D eigenvalue weighted by atomic mass is 10.0. The normalized spacial score (nSPS) is 11.3. The molecule has 0 spiro atoms. The van der Waals surface area contributed by atoms with E-state index in [2.05, 4.69) is 0 Å². The summed E-state index contributed by atoms with van der Waals surface area (Å²) in [6.45, 7) is 2.98. The van der Waals surface area contributed by atoms with E-state index >= 15 is 0 Å². The summed E-state index contributed by atoms with van der Waals surface area (Å²) in [4.78, 5) is 12.5. The number of esters is 1. The largest absolute Gasteiger partial charge is 0.465 e. The molecule has 0 aliphatic rings. The van der Waals surface area contributed by atoms with Crippen molar-refractivity contribution < 1.29 is 28.5 Å². The second-order valence-electron chi connectivity index (χ2n) is 6.17. The maximum atomic E-state index is 12.5. The Kier molecular flexibility index (Phi) is 6.51. The van der Waals surface area contributed by atoms with E-state index in [9.17, 15) is 4.79 Å². The molecular weight excluding hydrogens is 362 g/mol. The fourth-order valence-corrected chi connectivity index (χ4v) is 3.39. The summed E-state index contributed by atoms with van der Waals surface area (Å²) in [6, 6.07) is 9.78. The van der Waals surface area contributed by atoms with Crippen molar-refractivity contribution >= 4 is 27.8 Å². The van der Waals surface area contributed by atoms with Crippen LogP contribution < -0.4 is 4.74 Å². The summed E-state index contributed by atoms with van der Waals surface area (Å²) in [5, 5.41) is 1.87. The molecule has 0 radical (unpaired) electrons. The smallest absolute Gasteiger partial charge is 0.338 e. The van der Waals surface area contributed by atoms with Gasteiger partial charge in [0, 0.05) is 37.2 Å². The van der Waals surface area contributed by atoms with Crippen molar-refractivity contribution in [1.29, 1.82) is 0 Å². The van der Waals surface area contributed by atoms with Gasteiger partial charge in [-0.05, 0) is 19.1 Å². The maximum Gasteiger partial charge on any atom is 0.338 e. The third kappa shape index (κ3) is 3.56. The number of rotatable bonds is 9. The van der Waals surface area contributed by atoms with Gasteiger partial charge in [0.2, 0.25) is 0 Å². The molecule has 1 heterocycles. The number of nitrogens with zero attached hydrogens (tertiary/aromatic N) is 1. The first kappa shape index (κ1) is 20.1. The van der Waals surface area contributed by atoms with Crippen LogP contribution in [0, 0.1) is 0 Å². The Morgan fingerprint density at radius 1 is 1.07 bits per heavy atom. The lowest BCUT2D eigenvalue weighted by Crippen LogP contribution is -2.12. The van der Waals surface area contributed by atoms with Crippen LogP contribution in [0.5, 0.6) is 5.75 Å². The molecule has 3 aromatic rings. The Labute approximate surface area is 163 Å². The van der Waals surface area contributed by atoms with Gasteiger partial charge in [0.15, 0.2) is 12.5 Å². The molecule has 3 rings (SSSR count). The number of ether oxygens (including phenoxy) is 5. The van der Waals surface area contributed by atoms with Crippen LogP contribution in [0.1, 0.15) is 22.8 Å². The summed E-state index contributed by atoms with van der Waals surface area (Å²) in [6.07, 6.45) is 0. The number of para-hydroxylation sites is 1. The van der Waals surface area contributed by atoms with E-state index in [0.717, 1.165) is 21.8 Å². The molecule has 0 unspecified atom stereocenters. The van der Waals surface area contributed by atoms with Crippen LogP contribution in [-0.2, 0) is 32.3 Å². The lowest BCUT2D eigenvalue weighted by molar-refractivity contribution is 0.0472. The van der Waals surface area contributed by atoms with Gasteiger partial charge < -0.3 is 28.3 Å². The molecule has 0 fully saturated rings. The van der Waals surface area contributed by atoms with Gasteiger partial charge in [-0.2, -0.15) is 0 Å². The van der Waals surface area contributed by atoms with Gasteiger partial charge in [0.05, 0.1) is 30.3 Å². The molecule has 7 heteroatoms. The van der Waals surface area contributed by atoms with Crippen LogP contribution in [0.25, 0.3) is 21.8 Å². The molecular formula is C21H25NO6. The SMILES string of the molecule is CCOCc1c(C(=O)OC)cc2c3ccccc3n(COC)c2c1OCOC. The predicted molar refractivity (Wildman–Crippen MR) is 106 cm³/mol. The number of benzene rings is 2. The Bertz CT molecular complexity index is 978. The molecule has 0 amide bonds. The van der Waals surface area contributed by atoms with E-state index in [1.165, 1.54) is 7.11 Å². The van der Waals surface area contributed by atoms with Crippen molar-refractivity contribution in [2.75, 3.05) is 34.7 Å². The van der Waals surface area contributed by atoms with Gasteiger partial charge in [-0.3, -0.25) is 0 Å². The first-order chi connectivity index (χ1) is 13.7. The molecule has 2 aromatic carbocycles. The van der Waals surface area contributed by atoms with Gasteiger partial charge in [-0.25, -0.2) is 4.79 Å². The van der Waals surface area contributed by atoms with Crippen molar-refractivity contribution in [3.05, 3.63) is 41.5 Å². The number of methoxy groups -OCH3 is 3. The zero-order valence-corrected chi connectivity index (χ0v) is 16.6. The molecule has 0 N–H and O–H groups in total. The zero-order chi connectivity index (χ0) is 20.1. The molecule has 0 saturated heterocycles. The monoisotopic (exact) mass is 387 g/mol. The van der Waals surface area contributed by atoms with Crippen LogP contribution in [-0.4, -0.2) is 45.3 Å². The predicted octanol–water partition coefficient (Wildman–Crippen LogP) is 3.70. The first-order valence-corrected chi connectivity index (χ1v) is 9.01. The average molecular weight is 387 g/mol. The van der Waals surface area contributed by atoms with Crippen LogP contribution in [0.15, 0.2) is 30.3 Å². The molecule has 0 bridgehead atoms. The number of hydrogen-bond acceptors (Lipinski definition) is 6. The highest BCUT2D eigenvalue weighted by Crippen LogP contribution is 2.40. The first-order valence-electron chi connectivity index (χ1n) is 9.01. The van der Waals surface area contributed by atoms with Crippen LogP contribution in [0.3, 0.4) is 0 Å². The van der Waals surface area contributed by atoms with E-state index in [0.29, 0.717) is 30.2 Å². The molecule has 0 saturated carbocycles. The zero-order valence-electron chi connectivity index (χ0n) is 16.6. The molecule has 1 aromatic heterocycles. The van der Waals surface area contributed by atoms with Crippen LogP contribution >= 0.6 is 0 Å². The van der Waals surface area contributed by atoms with Gasteiger partial charge in [-0.15, -0.1) is 0 Å². The highest BCUT2D eigenvalue weighted by atomic mass is 16.7. The van der Waals surface area contributed by atoms with Gasteiger partial charge in [-0.1, -0.05) is 18.2 Å². The maximum absolute atomic E-state index is 12.5. The Hall–Kier alpha value is -2.61. The number of hydrogen-bond donors (Lipinski definition) is 0. The molecule has 150 valence electrons. The van der Waals surface area contributed by atoms with E-state index in [1.54, 1.807) is 14.2 Å². The fourth-order valence-electron chi connectivity index (χ4n) is 3.39. The number of carbonyl (C=O) groups is 1. The van der Waals surface area contributed by atoms with Gasteiger partial charge in [0.25, 0.3) is 0 Å². The highest BCUT2D eigenvalue weighted by molar-refractivity contribution is 6.13. The van der Waals surface area contributed by atoms with E-state index in [1.807, 2.05) is 41.8 Å². The number of carbonyl (C=O) groups excluding carboxylic acids is 1. The lowest BCUT2D eigenvalue weighted by Gasteiger charge is -2.17. The highest BCUT2D eigenvalue weighted by Gasteiger charge is 2.25. The standard InChI is InChI=1S/C21H25NO6/c1-5-27-11-17-16(21(23)26-4)10-15-14-8-6-7-9-18(14)22(12-24-2)19(15)20(17)28-13-25-3/h6-10H,5,11-13H2,1-4H3. The fraction of sp³-hybridized carbons (Fsp3) is 0.381. The minimum atomic E-state index is -0.442. The second-order valence-corrected chi connectivity index (χ2v) is 6.17. The molecule has 0 aliphatic carbocycles. The van der Waals surface area contributed by atoms with Crippen molar-refractivity contribution in [2.24, 2.45) is 0 Å². The minimum Gasteiger partial charge on any atom is -0.465 e. The molecule has 28 heavy (non-hydrogen) atoms. The summed E-state index contributed by atoms with van der Waals surface area (Å²) >= 11 is 0.